The lowest BCUT2D eigenvalue weighted by atomic mass is 10.2. The summed E-state index contributed by atoms with van der Waals surface area (Å²) in [5.74, 6) is 0.129. The second-order valence-electron chi connectivity index (χ2n) is 5.28. The number of carbonyl (C=O) groups is 1. The molecule has 0 atom stereocenters. The molecule has 104 valence electrons. The third-order valence-corrected chi connectivity index (χ3v) is 3.13. The van der Waals surface area contributed by atoms with E-state index in [1.807, 2.05) is 38.1 Å². The Morgan fingerprint density at radius 1 is 1.26 bits per heavy atom. The number of ether oxygens (including phenoxy) is 1. The maximum Gasteiger partial charge on any atom is 0.338 e. The van der Waals surface area contributed by atoms with E-state index in [4.69, 9.17) is 4.74 Å². The van der Waals surface area contributed by atoms with Crippen molar-refractivity contribution in [1.82, 2.24) is 5.32 Å². The van der Waals surface area contributed by atoms with Crippen LogP contribution in [0.1, 0.15) is 24.2 Å². The van der Waals surface area contributed by atoms with Crippen LogP contribution < -0.4 is 10.2 Å². The molecule has 1 fully saturated rings. The Labute approximate surface area is 114 Å². The van der Waals surface area contributed by atoms with Crippen molar-refractivity contribution in [2.75, 3.05) is 37.7 Å². The van der Waals surface area contributed by atoms with E-state index in [9.17, 15) is 4.79 Å². The number of esters is 1. The van der Waals surface area contributed by atoms with Crippen molar-refractivity contribution in [3.05, 3.63) is 29.8 Å². The maximum atomic E-state index is 11.8. The lowest BCUT2D eigenvalue weighted by Crippen LogP contribution is -2.43. The summed E-state index contributed by atoms with van der Waals surface area (Å²) in [5, 5.41) is 3.33. The van der Waals surface area contributed by atoms with Crippen molar-refractivity contribution < 1.29 is 9.53 Å². The Morgan fingerprint density at radius 2 is 1.89 bits per heavy atom. The number of carbonyl (C=O) groups excluding carboxylic acids is 1. The first-order valence-corrected chi connectivity index (χ1v) is 6.89. The predicted octanol–water partition coefficient (Wildman–Crippen LogP) is 1.91. The van der Waals surface area contributed by atoms with Crippen LogP contribution in [0.3, 0.4) is 0 Å². The number of hydrogen-bond donors (Lipinski definition) is 1. The third-order valence-electron chi connectivity index (χ3n) is 3.13. The van der Waals surface area contributed by atoms with Gasteiger partial charge in [0, 0.05) is 31.9 Å². The quantitative estimate of drug-likeness (QED) is 0.842. The number of rotatable bonds is 4. The van der Waals surface area contributed by atoms with Gasteiger partial charge in [0.15, 0.2) is 0 Å². The molecular formula is C15H22N2O2. The highest BCUT2D eigenvalue weighted by atomic mass is 16.5. The van der Waals surface area contributed by atoms with Crippen LogP contribution in [0.25, 0.3) is 0 Å². The first kappa shape index (κ1) is 13.9. The first-order valence-electron chi connectivity index (χ1n) is 6.89. The number of nitrogens with one attached hydrogen (secondary N) is 1. The lowest BCUT2D eigenvalue weighted by Gasteiger charge is -2.29. The van der Waals surface area contributed by atoms with E-state index in [0.29, 0.717) is 18.1 Å². The van der Waals surface area contributed by atoms with Crippen molar-refractivity contribution in [3.8, 4) is 0 Å². The number of nitrogens with zero attached hydrogens (tertiary/aromatic N) is 1. The summed E-state index contributed by atoms with van der Waals surface area (Å²) in [5.41, 5.74) is 1.79. The Kier molecular flexibility index (Phi) is 4.80. The van der Waals surface area contributed by atoms with Gasteiger partial charge >= 0.3 is 5.97 Å². The van der Waals surface area contributed by atoms with Gasteiger partial charge in [-0.25, -0.2) is 4.79 Å². The molecule has 1 aromatic carbocycles. The number of anilines is 1. The van der Waals surface area contributed by atoms with Gasteiger partial charge < -0.3 is 15.0 Å². The van der Waals surface area contributed by atoms with Crippen molar-refractivity contribution >= 4 is 11.7 Å². The molecule has 4 heteroatoms. The monoisotopic (exact) mass is 262 g/mol. The molecule has 1 aromatic rings. The largest absolute Gasteiger partial charge is 0.462 e. The highest BCUT2D eigenvalue weighted by Gasteiger charge is 2.12. The molecule has 0 amide bonds. The Morgan fingerprint density at radius 3 is 2.47 bits per heavy atom. The van der Waals surface area contributed by atoms with Crippen LogP contribution in [-0.2, 0) is 4.74 Å². The molecule has 19 heavy (non-hydrogen) atoms. The van der Waals surface area contributed by atoms with E-state index < -0.39 is 0 Å². The molecule has 0 aliphatic carbocycles. The van der Waals surface area contributed by atoms with Gasteiger partial charge in [-0.3, -0.25) is 0 Å². The molecule has 1 aliphatic heterocycles. The molecule has 2 rings (SSSR count). The van der Waals surface area contributed by atoms with E-state index in [-0.39, 0.29) is 5.97 Å². The first-order chi connectivity index (χ1) is 9.16. The molecule has 4 nitrogen and oxygen atoms in total. The van der Waals surface area contributed by atoms with E-state index in [0.717, 1.165) is 26.2 Å². The zero-order valence-electron chi connectivity index (χ0n) is 11.7. The average Bonchev–Trinajstić information content (AvgIpc) is 2.46. The summed E-state index contributed by atoms with van der Waals surface area (Å²) < 4.78 is 5.21. The minimum absolute atomic E-state index is 0.236. The Balaban J connectivity index is 1.95. The van der Waals surface area contributed by atoms with Crippen LogP contribution in [0.2, 0.25) is 0 Å². The second-order valence-corrected chi connectivity index (χ2v) is 5.28. The van der Waals surface area contributed by atoms with Gasteiger partial charge in [0.2, 0.25) is 0 Å². The molecule has 1 N–H and O–H groups in total. The molecule has 0 aromatic heterocycles. The standard InChI is InChI=1S/C15H22N2O2/c1-12(2)11-19-15(18)13-3-5-14(6-4-13)17-9-7-16-8-10-17/h3-6,12,16H,7-11H2,1-2H3. The molecule has 0 unspecified atom stereocenters. The van der Waals surface area contributed by atoms with Crippen LogP contribution in [-0.4, -0.2) is 38.8 Å². The summed E-state index contributed by atoms with van der Waals surface area (Å²) in [4.78, 5) is 14.1. The van der Waals surface area contributed by atoms with Gasteiger partial charge in [-0.05, 0) is 30.2 Å². The van der Waals surface area contributed by atoms with Crippen LogP contribution in [0, 0.1) is 5.92 Å². The molecule has 1 aliphatic rings. The van der Waals surface area contributed by atoms with Gasteiger partial charge in [0.05, 0.1) is 12.2 Å². The van der Waals surface area contributed by atoms with Gasteiger partial charge in [0.1, 0.15) is 0 Å². The number of piperazine rings is 1. The van der Waals surface area contributed by atoms with Gasteiger partial charge in [-0.1, -0.05) is 13.8 Å². The van der Waals surface area contributed by atoms with E-state index >= 15 is 0 Å². The fraction of sp³-hybridized carbons (Fsp3) is 0.533. The third kappa shape index (κ3) is 3.96. The normalized spacial score (nSPS) is 15.6. The van der Waals surface area contributed by atoms with Crippen LogP contribution in [0.15, 0.2) is 24.3 Å². The van der Waals surface area contributed by atoms with Gasteiger partial charge in [-0.2, -0.15) is 0 Å². The summed E-state index contributed by atoms with van der Waals surface area (Å²) >= 11 is 0. The topological polar surface area (TPSA) is 41.6 Å². The second kappa shape index (κ2) is 6.57. The minimum atomic E-state index is -0.236. The number of benzene rings is 1. The van der Waals surface area contributed by atoms with Crippen molar-refractivity contribution in [3.63, 3.8) is 0 Å². The minimum Gasteiger partial charge on any atom is -0.462 e. The molecule has 0 radical (unpaired) electrons. The Hall–Kier alpha value is -1.55. The fourth-order valence-electron chi connectivity index (χ4n) is 2.06. The fourth-order valence-corrected chi connectivity index (χ4v) is 2.06. The van der Waals surface area contributed by atoms with Crippen molar-refractivity contribution in [2.24, 2.45) is 5.92 Å². The van der Waals surface area contributed by atoms with E-state index in [1.165, 1.54) is 5.69 Å². The van der Waals surface area contributed by atoms with Gasteiger partial charge in [-0.15, -0.1) is 0 Å². The molecule has 1 heterocycles. The summed E-state index contributed by atoms with van der Waals surface area (Å²) in [7, 11) is 0. The zero-order chi connectivity index (χ0) is 13.7. The zero-order valence-corrected chi connectivity index (χ0v) is 11.7. The van der Waals surface area contributed by atoms with Crippen LogP contribution >= 0.6 is 0 Å². The Bertz CT molecular complexity index is 409. The highest BCUT2D eigenvalue weighted by Crippen LogP contribution is 2.16. The molecule has 0 saturated carbocycles. The summed E-state index contributed by atoms with van der Waals surface area (Å²) in [6, 6.07) is 7.69. The molecular weight excluding hydrogens is 240 g/mol. The smallest absolute Gasteiger partial charge is 0.338 e. The maximum absolute atomic E-state index is 11.8. The van der Waals surface area contributed by atoms with E-state index in [2.05, 4.69) is 10.2 Å². The average molecular weight is 262 g/mol. The molecule has 0 spiro atoms. The molecule has 0 bridgehead atoms. The van der Waals surface area contributed by atoms with Crippen LogP contribution in [0.4, 0.5) is 5.69 Å². The van der Waals surface area contributed by atoms with Crippen molar-refractivity contribution in [2.45, 2.75) is 13.8 Å². The SMILES string of the molecule is CC(C)COC(=O)c1ccc(N2CCNCC2)cc1. The van der Waals surface area contributed by atoms with Crippen molar-refractivity contribution in [1.29, 1.82) is 0 Å². The van der Waals surface area contributed by atoms with Crippen LogP contribution in [0.5, 0.6) is 0 Å². The summed E-state index contributed by atoms with van der Waals surface area (Å²) in [6.07, 6.45) is 0. The highest BCUT2D eigenvalue weighted by molar-refractivity contribution is 5.89. The molecule has 1 saturated heterocycles. The van der Waals surface area contributed by atoms with Gasteiger partial charge in [0.25, 0.3) is 0 Å². The lowest BCUT2D eigenvalue weighted by molar-refractivity contribution is 0.0459. The number of hydrogen-bond acceptors (Lipinski definition) is 4. The summed E-state index contributed by atoms with van der Waals surface area (Å²) in [6.45, 7) is 8.57. The van der Waals surface area contributed by atoms with E-state index in [1.54, 1.807) is 0 Å². The predicted molar refractivity (Wildman–Crippen MR) is 76.6 cm³/mol.